The van der Waals surface area contributed by atoms with Crippen molar-refractivity contribution in [2.75, 3.05) is 26.2 Å². The largest absolute Gasteiger partial charge is 0.357 e. The maximum atomic E-state index is 12.1. The standard InChI is InChI=1S/C16H29N5O2/c1-5-17-14(18-10-11(2)3)21-8-6-12(7-9-21)16(4)13(22)19-15(23)20-16/h11-12H,5-10H2,1-4H3,(H,17,18)(H2,19,20,22,23). The molecule has 0 aromatic carbocycles. The lowest BCUT2D eigenvalue weighted by atomic mass is 9.79. The maximum absolute atomic E-state index is 12.1. The molecule has 2 heterocycles. The lowest BCUT2D eigenvalue weighted by Crippen LogP contribution is -2.55. The molecule has 0 aliphatic carbocycles. The van der Waals surface area contributed by atoms with E-state index in [0.29, 0.717) is 5.92 Å². The van der Waals surface area contributed by atoms with Crippen LogP contribution in [-0.4, -0.2) is 54.5 Å². The number of urea groups is 1. The number of nitrogens with zero attached hydrogens (tertiary/aromatic N) is 2. The summed E-state index contributed by atoms with van der Waals surface area (Å²) in [5.74, 6) is 1.42. The second kappa shape index (κ2) is 7.19. The molecule has 0 aromatic heterocycles. The number of guanidine groups is 1. The van der Waals surface area contributed by atoms with E-state index in [9.17, 15) is 9.59 Å². The van der Waals surface area contributed by atoms with Gasteiger partial charge in [-0.3, -0.25) is 15.1 Å². The van der Waals surface area contributed by atoms with Crippen LogP contribution in [0.2, 0.25) is 0 Å². The molecule has 23 heavy (non-hydrogen) atoms. The SMILES string of the molecule is CCNC(=NCC(C)C)N1CCC(C2(C)NC(=O)NC2=O)CC1. The Morgan fingerprint density at radius 1 is 1.39 bits per heavy atom. The number of amides is 3. The van der Waals surface area contributed by atoms with Crippen molar-refractivity contribution in [3.05, 3.63) is 0 Å². The molecule has 2 aliphatic rings. The summed E-state index contributed by atoms with van der Waals surface area (Å²) in [5.41, 5.74) is -0.781. The van der Waals surface area contributed by atoms with Gasteiger partial charge in [0.05, 0.1) is 0 Å². The third kappa shape index (κ3) is 3.95. The third-order valence-corrected chi connectivity index (χ3v) is 4.62. The van der Waals surface area contributed by atoms with Crippen molar-refractivity contribution in [2.45, 2.75) is 46.1 Å². The molecule has 2 aliphatic heterocycles. The summed E-state index contributed by atoms with van der Waals surface area (Å²) in [6.07, 6.45) is 1.71. The van der Waals surface area contributed by atoms with E-state index in [1.807, 2.05) is 6.92 Å². The summed E-state index contributed by atoms with van der Waals surface area (Å²) in [5, 5.41) is 8.49. The quantitative estimate of drug-likeness (QED) is 0.408. The van der Waals surface area contributed by atoms with Gasteiger partial charge in [-0.25, -0.2) is 4.79 Å². The fraction of sp³-hybridized carbons (Fsp3) is 0.812. The minimum absolute atomic E-state index is 0.151. The minimum atomic E-state index is -0.781. The molecule has 2 saturated heterocycles. The van der Waals surface area contributed by atoms with Crippen LogP contribution >= 0.6 is 0 Å². The Bertz CT molecular complexity index is 483. The third-order valence-electron chi connectivity index (χ3n) is 4.62. The van der Waals surface area contributed by atoms with Crippen molar-refractivity contribution in [3.63, 3.8) is 0 Å². The van der Waals surface area contributed by atoms with Crippen LogP contribution in [0.5, 0.6) is 0 Å². The Morgan fingerprint density at radius 2 is 2.04 bits per heavy atom. The first-order valence-corrected chi connectivity index (χ1v) is 8.53. The molecule has 0 saturated carbocycles. The summed E-state index contributed by atoms with van der Waals surface area (Å²) in [6, 6.07) is -0.383. The lowest BCUT2D eigenvalue weighted by molar-refractivity contribution is -0.125. The van der Waals surface area contributed by atoms with Crippen molar-refractivity contribution >= 4 is 17.9 Å². The zero-order valence-corrected chi connectivity index (χ0v) is 14.6. The van der Waals surface area contributed by atoms with Gasteiger partial charge in [-0.2, -0.15) is 0 Å². The van der Waals surface area contributed by atoms with Gasteiger partial charge < -0.3 is 15.5 Å². The molecule has 7 heteroatoms. The molecule has 0 aromatic rings. The Morgan fingerprint density at radius 3 is 2.52 bits per heavy atom. The van der Waals surface area contributed by atoms with E-state index in [-0.39, 0.29) is 17.9 Å². The highest BCUT2D eigenvalue weighted by Gasteiger charge is 2.48. The van der Waals surface area contributed by atoms with Crippen molar-refractivity contribution in [1.82, 2.24) is 20.9 Å². The topological polar surface area (TPSA) is 85.8 Å². The number of piperidine rings is 1. The van der Waals surface area contributed by atoms with Gasteiger partial charge >= 0.3 is 6.03 Å². The van der Waals surface area contributed by atoms with Crippen LogP contribution in [0, 0.1) is 11.8 Å². The molecular formula is C16H29N5O2. The zero-order chi connectivity index (χ0) is 17.0. The van der Waals surface area contributed by atoms with Crippen LogP contribution in [0.15, 0.2) is 4.99 Å². The lowest BCUT2D eigenvalue weighted by Gasteiger charge is -2.39. The number of aliphatic imine (C=N–C) groups is 1. The molecule has 130 valence electrons. The molecule has 2 rings (SSSR count). The Labute approximate surface area is 138 Å². The van der Waals surface area contributed by atoms with Gasteiger partial charge in [0.25, 0.3) is 5.91 Å². The molecule has 0 radical (unpaired) electrons. The Balaban J connectivity index is 1.98. The van der Waals surface area contributed by atoms with Gasteiger partial charge in [0, 0.05) is 26.2 Å². The average molecular weight is 323 g/mol. The van der Waals surface area contributed by atoms with Crippen LogP contribution in [0.4, 0.5) is 4.79 Å². The van der Waals surface area contributed by atoms with Gasteiger partial charge in [0.15, 0.2) is 5.96 Å². The molecule has 2 fully saturated rings. The van der Waals surface area contributed by atoms with Crippen LogP contribution in [0.3, 0.4) is 0 Å². The van der Waals surface area contributed by atoms with Gasteiger partial charge in [-0.15, -0.1) is 0 Å². The number of rotatable bonds is 4. The molecule has 7 nitrogen and oxygen atoms in total. The number of likely N-dealkylation sites (tertiary alicyclic amines) is 1. The first-order chi connectivity index (χ1) is 10.9. The highest BCUT2D eigenvalue weighted by Crippen LogP contribution is 2.30. The van der Waals surface area contributed by atoms with E-state index in [4.69, 9.17) is 0 Å². The highest BCUT2D eigenvalue weighted by atomic mass is 16.2. The molecule has 3 N–H and O–H groups in total. The van der Waals surface area contributed by atoms with Crippen LogP contribution in [-0.2, 0) is 4.79 Å². The highest BCUT2D eigenvalue weighted by molar-refractivity contribution is 6.07. The first kappa shape index (κ1) is 17.6. The molecular weight excluding hydrogens is 294 g/mol. The fourth-order valence-electron chi connectivity index (χ4n) is 3.21. The smallest absolute Gasteiger partial charge is 0.322 e. The van der Waals surface area contributed by atoms with Gasteiger partial charge in [0.2, 0.25) is 0 Å². The summed E-state index contributed by atoms with van der Waals surface area (Å²) < 4.78 is 0. The second-order valence-corrected chi connectivity index (χ2v) is 6.96. The van der Waals surface area contributed by atoms with Crippen molar-refractivity contribution in [1.29, 1.82) is 0 Å². The molecule has 0 spiro atoms. The summed E-state index contributed by atoms with van der Waals surface area (Å²) in [4.78, 5) is 30.4. The molecule has 0 bridgehead atoms. The van der Waals surface area contributed by atoms with Crippen LogP contribution in [0.25, 0.3) is 0 Å². The number of carbonyl (C=O) groups excluding carboxylic acids is 2. The molecule has 1 atom stereocenters. The Kier molecular flexibility index (Phi) is 5.49. The summed E-state index contributed by atoms with van der Waals surface area (Å²) in [7, 11) is 0. The van der Waals surface area contributed by atoms with E-state index >= 15 is 0 Å². The number of carbonyl (C=O) groups is 2. The average Bonchev–Trinajstić information content (AvgIpc) is 2.77. The molecule has 1 unspecified atom stereocenters. The van der Waals surface area contributed by atoms with Crippen LogP contribution in [0.1, 0.15) is 40.5 Å². The number of hydrogen-bond donors (Lipinski definition) is 3. The van der Waals surface area contributed by atoms with Crippen molar-refractivity contribution in [3.8, 4) is 0 Å². The van der Waals surface area contributed by atoms with Gasteiger partial charge in [0.1, 0.15) is 5.54 Å². The predicted molar refractivity (Wildman–Crippen MR) is 90.2 cm³/mol. The van der Waals surface area contributed by atoms with E-state index in [0.717, 1.165) is 45.0 Å². The fourth-order valence-corrected chi connectivity index (χ4v) is 3.21. The molecule has 3 amide bonds. The zero-order valence-electron chi connectivity index (χ0n) is 14.6. The van der Waals surface area contributed by atoms with Crippen molar-refractivity contribution in [2.24, 2.45) is 16.8 Å². The van der Waals surface area contributed by atoms with E-state index < -0.39 is 5.54 Å². The monoisotopic (exact) mass is 323 g/mol. The summed E-state index contributed by atoms with van der Waals surface area (Å²) >= 11 is 0. The van der Waals surface area contributed by atoms with E-state index in [2.05, 4.69) is 46.6 Å². The van der Waals surface area contributed by atoms with Crippen LogP contribution < -0.4 is 16.0 Å². The number of hydrogen-bond acceptors (Lipinski definition) is 3. The Hall–Kier alpha value is -1.79. The minimum Gasteiger partial charge on any atom is -0.357 e. The second-order valence-electron chi connectivity index (χ2n) is 6.96. The first-order valence-electron chi connectivity index (χ1n) is 8.53. The van der Waals surface area contributed by atoms with Crippen molar-refractivity contribution < 1.29 is 9.59 Å². The van der Waals surface area contributed by atoms with Gasteiger partial charge in [-0.05, 0) is 38.5 Å². The van der Waals surface area contributed by atoms with E-state index in [1.165, 1.54) is 0 Å². The normalized spacial score (nSPS) is 26.5. The van der Waals surface area contributed by atoms with Gasteiger partial charge in [-0.1, -0.05) is 13.8 Å². The predicted octanol–water partition coefficient (Wildman–Crippen LogP) is 0.918. The maximum Gasteiger partial charge on any atom is 0.322 e. The summed E-state index contributed by atoms with van der Waals surface area (Å²) in [6.45, 7) is 11.5. The van der Waals surface area contributed by atoms with E-state index in [1.54, 1.807) is 0 Å². The number of nitrogens with one attached hydrogen (secondary N) is 3. The number of imide groups is 1.